The van der Waals surface area contributed by atoms with Crippen LogP contribution < -0.4 is 5.73 Å². The molecule has 0 saturated heterocycles. The van der Waals surface area contributed by atoms with Crippen LogP contribution in [0, 0.1) is 5.82 Å². The minimum absolute atomic E-state index is 0.0291. The maximum atomic E-state index is 13.3. The van der Waals surface area contributed by atoms with Crippen LogP contribution in [-0.2, 0) is 15.7 Å². The number of alkyl halides is 3. The number of carbonyl (C=O) groups excluding carboxylic acids is 1. The Labute approximate surface area is 120 Å². The molecule has 0 unspecified atom stereocenters. The van der Waals surface area contributed by atoms with Crippen LogP contribution in [0.2, 0.25) is 0 Å². The molecule has 118 valence electrons. The predicted molar refractivity (Wildman–Crippen MR) is 72.8 cm³/mol. The molecule has 0 aromatic heterocycles. The quantitative estimate of drug-likeness (QED) is 0.397. The predicted octanol–water partition coefficient (Wildman–Crippen LogP) is 4.03. The molecule has 2 N–H and O–H groups in total. The molecule has 0 heterocycles. The summed E-state index contributed by atoms with van der Waals surface area (Å²) in [4.78, 5) is 11.0. The number of anilines is 1. The van der Waals surface area contributed by atoms with Gasteiger partial charge in [0.1, 0.15) is 5.82 Å². The molecule has 0 aliphatic carbocycles. The van der Waals surface area contributed by atoms with Gasteiger partial charge in [-0.3, -0.25) is 0 Å². The second-order valence-corrected chi connectivity index (χ2v) is 3.54. The molecule has 7 heteroatoms. The highest BCUT2D eigenvalue weighted by molar-refractivity contribution is 5.88. The molecule has 0 spiro atoms. The fourth-order valence-corrected chi connectivity index (χ4v) is 1.32. The SMILES string of the molecule is CC.CCOC(=O)/C=C/c1cc(F)c(C(F)(F)F)cc1N. The molecule has 1 rings (SSSR count). The van der Waals surface area contributed by atoms with E-state index in [0.717, 1.165) is 12.2 Å². The highest BCUT2D eigenvalue weighted by atomic mass is 19.4. The highest BCUT2D eigenvalue weighted by Gasteiger charge is 2.34. The first kappa shape index (κ1) is 18.9. The van der Waals surface area contributed by atoms with E-state index in [4.69, 9.17) is 5.73 Å². The first-order valence-corrected chi connectivity index (χ1v) is 6.26. The van der Waals surface area contributed by atoms with E-state index in [9.17, 15) is 22.4 Å². The van der Waals surface area contributed by atoms with E-state index in [-0.39, 0.29) is 17.9 Å². The van der Waals surface area contributed by atoms with Gasteiger partial charge < -0.3 is 10.5 Å². The zero-order valence-corrected chi connectivity index (χ0v) is 11.9. The number of esters is 1. The van der Waals surface area contributed by atoms with E-state index in [1.807, 2.05) is 13.8 Å². The molecule has 3 nitrogen and oxygen atoms in total. The Morgan fingerprint density at radius 3 is 2.38 bits per heavy atom. The molecule has 21 heavy (non-hydrogen) atoms. The number of ether oxygens (including phenoxy) is 1. The number of hydrogen-bond donors (Lipinski definition) is 1. The smallest absolute Gasteiger partial charge is 0.419 e. The van der Waals surface area contributed by atoms with Gasteiger partial charge in [-0.2, -0.15) is 13.2 Å². The number of benzene rings is 1. The number of rotatable bonds is 3. The number of carbonyl (C=O) groups is 1. The minimum atomic E-state index is -4.82. The second kappa shape index (κ2) is 8.28. The van der Waals surface area contributed by atoms with Gasteiger partial charge in [0, 0.05) is 17.3 Å². The Morgan fingerprint density at radius 2 is 1.90 bits per heavy atom. The molecular formula is C14H17F4NO2. The van der Waals surface area contributed by atoms with Crippen molar-refractivity contribution in [3.63, 3.8) is 0 Å². The Kier molecular flexibility index (Phi) is 7.48. The van der Waals surface area contributed by atoms with Gasteiger partial charge in [-0.15, -0.1) is 0 Å². The Morgan fingerprint density at radius 1 is 1.33 bits per heavy atom. The van der Waals surface area contributed by atoms with Gasteiger partial charge in [0.05, 0.1) is 12.2 Å². The molecule has 0 atom stereocenters. The molecule has 0 saturated carbocycles. The van der Waals surface area contributed by atoms with Gasteiger partial charge >= 0.3 is 12.1 Å². The lowest BCUT2D eigenvalue weighted by Gasteiger charge is -2.10. The standard InChI is InChI=1S/C12H11F4NO2.C2H6/c1-2-19-11(18)4-3-7-5-9(13)8(6-10(7)17)12(14,15)16;1-2/h3-6H,2,17H2,1H3;1-2H3/b4-3+;. The van der Waals surface area contributed by atoms with Crippen LogP contribution in [0.25, 0.3) is 6.08 Å². The van der Waals surface area contributed by atoms with Crippen molar-refractivity contribution in [1.82, 2.24) is 0 Å². The third-order valence-electron chi connectivity index (χ3n) is 2.16. The number of nitrogens with two attached hydrogens (primary N) is 1. The normalized spacial score (nSPS) is 11.0. The van der Waals surface area contributed by atoms with Crippen molar-refractivity contribution in [1.29, 1.82) is 0 Å². The summed E-state index contributed by atoms with van der Waals surface area (Å²) in [6.07, 6.45) is -2.76. The maximum Gasteiger partial charge on any atom is 0.419 e. The van der Waals surface area contributed by atoms with Crippen LogP contribution in [0.5, 0.6) is 0 Å². The van der Waals surface area contributed by atoms with Crippen molar-refractivity contribution >= 4 is 17.7 Å². The molecule has 0 amide bonds. The average Bonchev–Trinajstić information content (AvgIpc) is 2.40. The summed E-state index contributed by atoms with van der Waals surface area (Å²) >= 11 is 0. The van der Waals surface area contributed by atoms with Crippen LogP contribution in [0.4, 0.5) is 23.2 Å². The van der Waals surface area contributed by atoms with E-state index in [2.05, 4.69) is 4.74 Å². The average molecular weight is 307 g/mol. The Bertz CT molecular complexity index is 510. The van der Waals surface area contributed by atoms with Crippen molar-refractivity contribution in [2.75, 3.05) is 12.3 Å². The van der Waals surface area contributed by atoms with Crippen LogP contribution in [0.3, 0.4) is 0 Å². The second-order valence-electron chi connectivity index (χ2n) is 3.54. The summed E-state index contributed by atoms with van der Waals surface area (Å²) in [5.74, 6) is -2.15. The molecule has 0 aliphatic heterocycles. The molecule has 0 radical (unpaired) electrons. The number of halogens is 4. The van der Waals surface area contributed by atoms with Gasteiger partial charge in [-0.05, 0) is 25.1 Å². The zero-order valence-electron chi connectivity index (χ0n) is 11.9. The highest BCUT2D eigenvalue weighted by Crippen LogP contribution is 2.34. The van der Waals surface area contributed by atoms with Crippen LogP contribution in [-0.4, -0.2) is 12.6 Å². The summed E-state index contributed by atoms with van der Waals surface area (Å²) in [6, 6.07) is 1.11. The van der Waals surface area contributed by atoms with Crippen molar-refractivity contribution in [3.05, 3.63) is 35.2 Å². The monoisotopic (exact) mass is 307 g/mol. The molecule has 1 aromatic carbocycles. The van der Waals surface area contributed by atoms with Crippen LogP contribution >= 0.6 is 0 Å². The molecule has 0 fully saturated rings. The number of nitrogen functional groups attached to an aromatic ring is 1. The fraction of sp³-hybridized carbons (Fsp3) is 0.357. The van der Waals surface area contributed by atoms with E-state index in [0.29, 0.717) is 12.1 Å². The summed E-state index contributed by atoms with van der Waals surface area (Å²) in [5, 5.41) is 0. The van der Waals surface area contributed by atoms with E-state index in [1.54, 1.807) is 6.92 Å². The first-order valence-electron chi connectivity index (χ1n) is 6.26. The lowest BCUT2D eigenvalue weighted by atomic mass is 10.1. The molecule has 0 bridgehead atoms. The summed E-state index contributed by atoms with van der Waals surface area (Å²) < 4.78 is 55.0. The van der Waals surface area contributed by atoms with E-state index >= 15 is 0 Å². The summed E-state index contributed by atoms with van der Waals surface area (Å²) in [7, 11) is 0. The maximum absolute atomic E-state index is 13.3. The Balaban J connectivity index is 0.00000191. The van der Waals surface area contributed by atoms with Crippen molar-refractivity contribution in [2.24, 2.45) is 0 Å². The third-order valence-corrected chi connectivity index (χ3v) is 2.16. The minimum Gasteiger partial charge on any atom is -0.463 e. The van der Waals surface area contributed by atoms with Crippen molar-refractivity contribution in [3.8, 4) is 0 Å². The van der Waals surface area contributed by atoms with E-state index in [1.165, 1.54) is 0 Å². The Hall–Kier alpha value is -2.05. The number of hydrogen-bond acceptors (Lipinski definition) is 3. The van der Waals surface area contributed by atoms with Gasteiger partial charge in [0.25, 0.3) is 0 Å². The van der Waals surface area contributed by atoms with Crippen LogP contribution in [0.15, 0.2) is 18.2 Å². The van der Waals surface area contributed by atoms with Gasteiger partial charge in [-0.25, -0.2) is 9.18 Å². The molecular weight excluding hydrogens is 290 g/mol. The summed E-state index contributed by atoms with van der Waals surface area (Å²) in [5.41, 5.74) is 3.62. The van der Waals surface area contributed by atoms with Gasteiger partial charge in [0.15, 0.2) is 0 Å². The van der Waals surface area contributed by atoms with E-state index < -0.39 is 23.5 Å². The lowest BCUT2D eigenvalue weighted by Crippen LogP contribution is -2.09. The zero-order chi connectivity index (χ0) is 16.6. The van der Waals surface area contributed by atoms with Crippen molar-refractivity contribution in [2.45, 2.75) is 26.9 Å². The largest absolute Gasteiger partial charge is 0.463 e. The molecule has 1 aromatic rings. The van der Waals surface area contributed by atoms with Gasteiger partial charge in [-0.1, -0.05) is 13.8 Å². The lowest BCUT2D eigenvalue weighted by molar-refractivity contribution is -0.140. The fourth-order valence-electron chi connectivity index (χ4n) is 1.32. The summed E-state index contributed by atoms with van der Waals surface area (Å²) in [6.45, 7) is 5.75. The van der Waals surface area contributed by atoms with Crippen LogP contribution in [0.1, 0.15) is 31.9 Å². The first-order chi connectivity index (χ1) is 9.75. The third kappa shape index (κ3) is 5.85. The van der Waals surface area contributed by atoms with Gasteiger partial charge in [0.2, 0.25) is 0 Å². The topological polar surface area (TPSA) is 52.3 Å². The van der Waals surface area contributed by atoms with Crippen molar-refractivity contribution < 1.29 is 27.1 Å². The molecule has 0 aliphatic rings.